The zero-order valence-corrected chi connectivity index (χ0v) is 12.4. The van der Waals surface area contributed by atoms with Crippen molar-refractivity contribution in [3.05, 3.63) is 45.4 Å². The van der Waals surface area contributed by atoms with Gasteiger partial charge >= 0.3 is 0 Å². The molecule has 0 fully saturated rings. The summed E-state index contributed by atoms with van der Waals surface area (Å²) in [5, 5.41) is 12.0. The van der Waals surface area contributed by atoms with E-state index in [0.717, 1.165) is 34.0 Å². The van der Waals surface area contributed by atoms with E-state index in [4.69, 9.17) is 11.6 Å². The molecule has 0 spiro atoms. The Morgan fingerprint density at radius 3 is 2.94 bits per heavy atom. The Balaban J connectivity index is 1.90. The lowest BCUT2D eigenvalue weighted by Crippen LogP contribution is -2.16. The van der Waals surface area contributed by atoms with Crippen molar-refractivity contribution in [2.45, 2.75) is 26.6 Å². The van der Waals surface area contributed by atoms with E-state index in [9.17, 15) is 0 Å². The molecule has 0 aliphatic heterocycles. The number of rotatable bonds is 5. The molecule has 2 rings (SSSR count). The number of hydrogen-bond acceptors (Lipinski definition) is 3. The lowest BCUT2D eigenvalue weighted by molar-refractivity contribution is 0.612. The highest BCUT2D eigenvalue weighted by Gasteiger charge is 2.03. The zero-order chi connectivity index (χ0) is 13.0. The molecule has 0 radical (unpaired) electrons. The van der Waals surface area contributed by atoms with Crippen molar-refractivity contribution in [2.24, 2.45) is 0 Å². The predicted molar refractivity (Wildman–Crippen MR) is 75.4 cm³/mol. The van der Waals surface area contributed by atoms with E-state index < -0.39 is 0 Å². The maximum atomic E-state index is 6.04. The number of nitrogens with zero attached hydrogens (tertiary/aromatic N) is 3. The summed E-state index contributed by atoms with van der Waals surface area (Å²) in [4.78, 5) is 0. The standard InChI is InChI=1S/C12H14BrClN4/c1-2-18-8-16-17-12(18)7-15-6-9-3-4-10(13)11(14)5-9/h3-5,8,15H,2,6-7H2,1H3. The monoisotopic (exact) mass is 328 g/mol. The van der Waals surface area contributed by atoms with Crippen molar-refractivity contribution >= 4 is 27.5 Å². The van der Waals surface area contributed by atoms with Gasteiger partial charge in [0.25, 0.3) is 0 Å². The molecular weight excluding hydrogens is 316 g/mol. The van der Waals surface area contributed by atoms with Gasteiger partial charge in [0, 0.05) is 17.6 Å². The molecule has 0 aliphatic carbocycles. The molecule has 0 saturated carbocycles. The second kappa shape index (κ2) is 6.31. The molecular formula is C12H14BrClN4. The highest BCUT2D eigenvalue weighted by Crippen LogP contribution is 2.23. The summed E-state index contributed by atoms with van der Waals surface area (Å²) in [5.74, 6) is 0.945. The molecule has 1 aromatic heterocycles. The van der Waals surface area contributed by atoms with E-state index in [1.807, 2.05) is 22.8 Å². The van der Waals surface area contributed by atoms with Crippen LogP contribution in [0.2, 0.25) is 5.02 Å². The van der Waals surface area contributed by atoms with Gasteiger partial charge in [-0.25, -0.2) is 0 Å². The van der Waals surface area contributed by atoms with E-state index in [0.29, 0.717) is 6.54 Å². The van der Waals surface area contributed by atoms with E-state index in [2.05, 4.69) is 38.4 Å². The first-order chi connectivity index (χ1) is 8.70. The smallest absolute Gasteiger partial charge is 0.146 e. The summed E-state index contributed by atoms with van der Waals surface area (Å²) in [6, 6.07) is 5.94. The van der Waals surface area contributed by atoms with E-state index in [1.165, 1.54) is 0 Å². The Kier molecular flexibility index (Phi) is 4.74. The van der Waals surface area contributed by atoms with Gasteiger partial charge in [0.1, 0.15) is 12.2 Å². The summed E-state index contributed by atoms with van der Waals surface area (Å²) in [6.45, 7) is 4.40. The molecule has 0 amide bonds. The molecule has 0 bridgehead atoms. The maximum Gasteiger partial charge on any atom is 0.146 e. The van der Waals surface area contributed by atoms with Crippen LogP contribution in [0.5, 0.6) is 0 Å². The second-order valence-electron chi connectivity index (χ2n) is 3.89. The second-order valence-corrected chi connectivity index (χ2v) is 5.15. The Hall–Kier alpha value is -0.910. The topological polar surface area (TPSA) is 42.7 Å². The van der Waals surface area contributed by atoms with Crippen molar-refractivity contribution in [1.82, 2.24) is 20.1 Å². The van der Waals surface area contributed by atoms with Crippen molar-refractivity contribution in [3.63, 3.8) is 0 Å². The summed E-state index contributed by atoms with van der Waals surface area (Å²) < 4.78 is 2.93. The maximum absolute atomic E-state index is 6.04. The lowest BCUT2D eigenvalue weighted by Gasteiger charge is -2.06. The Morgan fingerprint density at radius 2 is 2.22 bits per heavy atom. The van der Waals surface area contributed by atoms with Gasteiger partial charge in [0.15, 0.2) is 0 Å². The molecule has 0 atom stereocenters. The number of hydrogen-bond donors (Lipinski definition) is 1. The normalized spacial score (nSPS) is 10.8. The van der Waals surface area contributed by atoms with Gasteiger partial charge in [0.2, 0.25) is 0 Å². The summed E-state index contributed by atoms with van der Waals surface area (Å²) in [6.07, 6.45) is 1.74. The molecule has 1 heterocycles. The SMILES string of the molecule is CCn1cnnc1CNCc1ccc(Br)c(Cl)c1. The first kappa shape index (κ1) is 13.5. The van der Waals surface area contributed by atoms with Crippen LogP contribution in [0, 0.1) is 0 Å². The fourth-order valence-electron chi connectivity index (χ4n) is 1.65. The average molecular weight is 330 g/mol. The van der Waals surface area contributed by atoms with Gasteiger partial charge in [0.05, 0.1) is 11.6 Å². The fraction of sp³-hybridized carbons (Fsp3) is 0.333. The molecule has 0 saturated heterocycles. The van der Waals surface area contributed by atoms with Crippen LogP contribution in [-0.2, 0) is 19.6 Å². The lowest BCUT2D eigenvalue weighted by atomic mass is 10.2. The minimum Gasteiger partial charge on any atom is -0.317 e. The number of benzene rings is 1. The van der Waals surface area contributed by atoms with Crippen LogP contribution >= 0.6 is 27.5 Å². The molecule has 0 unspecified atom stereocenters. The van der Waals surface area contributed by atoms with Crippen molar-refractivity contribution in [1.29, 1.82) is 0 Å². The first-order valence-corrected chi connectivity index (χ1v) is 6.89. The van der Waals surface area contributed by atoms with Crippen LogP contribution < -0.4 is 5.32 Å². The molecule has 18 heavy (non-hydrogen) atoms. The molecule has 0 aliphatic rings. The van der Waals surface area contributed by atoms with Crippen LogP contribution in [-0.4, -0.2) is 14.8 Å². The van der Waals surface area contributed by atoms with Crippen LogP contribution in [0.3, 0.4) is 0 Å². The molecule has 4 nitrogen and oxygen atoms in total. The highest BCUT2D eigenvalue weighted by atomic mass is 79.9. The minimum atomic E-state index is 0.696. The summed E-state index contributed by atoms with van der Waals surface area (Å²) in [5.41, 5.74) is 1.14. The molecule has 2 aromatic rings. The van der Waals surface area contributed by atoms with Crippen molar-refractivity contribution < 1.29 is 0 Å². The molecule has 6 heteroatoms. The quantitative estimate of drug-likeness (QED) is 0.917. The van der Waals surface area contributed by atoms with Gasteiger partial charge in [-0.05, 0) is 40.5 Å². The summed E-state index contributed by atoms with van der Waals surface area (Å²) >= 11 is 9.41. The molecule has 96 valence electrons. The zero-order valence-electron chi connectivity index (χ0n) is 10.0. The molecule has 1 N–H and O–H groups in total. The van der Waals surface area contributed by atoms with Crippen LogP contribution in [0.4, 0.5) is 0 Å². The first-order valence-electron chi connectivity index (χ1n) is 5.72. The summed E-state index contributed by atoms with van der Waals surface area (Å²) in [7, 11) is 0. The van der Waals surface area contributed by atoms with Gasteiger partial charge in [-0.15, -0.1) is 10.2 Å². The predicted octanol–water partition coefficient (Wildman–Crippen LogP) is 3.00. The van der Waals surface area contributed by atoms with Gasteiger partial charge < -0.3 is 9.88 Å². The van der Waals surface area contributed by atoms with Crippen molar-refractivity contribution in [2.75, 3.05) is 0 Å². The van der Waals surface area contributed by atoms with Crippen molar-refractivity contribution in [3.8, 4) is 0 Å². The van der Waals surface area contributed by atoms with E-state index in [1.54, 1.807) is 6.33 Å². The van der Waals surface area contributed by atoms with Crippen LogP contribution in [0.1, 0.15) is 18.3 Å². The molecule has 1 aromatic carbocycles. The number of aryl methyl sites for hydroxylation is 1. The van der Waals surface area contributed by atoms with E-state index >= 15 is 0 Å². The number of aromatic nitrogens is 3. The third-order valence-corrected chi connectivity index (χ3v) is 3.87. The third kappa shape index (κ3) is 3.31. The van der Waals surface area contributed by atoms with Gasteiger partial charge in [-0.3, -0.25) is 0 Å². The van der Waals surface area contributed by atoms with Crippen LogP contribution in [0.25, 0.3) is 0 Å². The van der Waals surface area contributed by atoms with Gasteiger partial charge in [-0.1, -0.05) is 17.7 Å². The van der Waals surface area contributed by atoms with E-state index in [-0.39, 0.29) is 0 Å². The number of halogens is 2. The number of nitrogens with one attached hydrogen (secondary N) is 1. The Bertz CT molecular complexity index is 527. The highest BCUT2D eigenvalue weighted by molar-refractivity contribution is 9.10. The minimum absolute atomic E-state index is 0.696. The van der Waals surface area contributed by atoms with Crippen LogP contribution in [0.15, 0.2) is 29.0 Å². The third-order valence-electron chi connectivity index (χ3n) is 2.63. The fourth-order valence-corrected chi connectivity index (χ4v) is 2.10. The van der Waals surface area contributed by atoms with Gasteiger partial charge in [-0.2, -0.15) is 0 Å². The Morgan fingerprint density at radius 1 is 1.39 bits per heavy atom. The largest absolute Gasteiger partial charge is 0.317 e. The average Bonchev–Trinajstić information content (AvgIpc) is 2.81. The Labute approximate surface area is 119 Å².